The fourth-order valence-corrected chi connectivity index (χ4v) is 3.33. The summed E-state index contributed by atoms with van der Waals surface area (Å²) in [5.41, 5.74) is 5.78. The number of halogens is 1. The van der Waals surface area contributed by atoms with Crippen molar-refractivity contribution < 1.29 is 13.2 Å². The molecule has 0 bridgehead atoms. The molecule has 106 valence electrons. The largest absolute Gasteiger partial charge is 0.398 e. The Labute approximate surface area is 121 Å². The summed E-state index contributed by atoms with van der Waals surface area (Å²) in [6, 6.07) is 4.55. The van der Waals surface area contributed by atoms with Crippen molar-refractivity contribution in [3.63, 3.8) is 0 Å². The summed E-state index contributed by atoms with van der Waals surface area (Å²) in [4.78, 5) is 11.5. The van der Waals surface area contributed by atoms with Crippen LogP contribution in [-0.4, -0.2) is 26.6 Å². The minimum atomic E-state index is -3.72. The van der Waals surface area contributed by atoms with Crippen molar-refractivity contribution in [2.45, 2.75) is 24.7 Å². The second kappa shape index (κ2) is 6.91. The summed E-state index contributed by atoms with van der Waals surface area (Å²) < 4.78 is 24.8. The fourth-order valence-electron chi connectivity index (χ4n) is 1.48. The maximum Gasteiger partial charge on any atom is 0.235 e. The number of anilines is 1. The van der Waals surface area contributed by atoms with Gasteiger partial charge in [-0.1, -0.05) is 29.3 Å². The van der Waals surface area contributed by atoms with E-state index in [0.717, 1.165) is 12.8 Å². The number of unbranched alkanes of at least 4 members (excludes halogenated alkanes) is 1. The minimum absolute atomic E-state index is 0.0208. The third kappa shape index (κ3) is 4.83. The van der Waals surface area contributed by atoms with Gasteiger partial charge in [-0.3, -0.25) is 4.79 Å². The zero-order valence-electron chi connectivity index (χ0n) is 10.6. The van der Waals surface area contributed by atoms with E-state index in [1.54, 1.807) is 6.07 Å². The first-order valence-corrected chi connectivity index (χ1v) is 8.36. The summed E-state index contributed by atoms with van der Waals surface area (Å²) in [6.07, 6.45) is 1.76. The van der Waals surface area contributed by atoms with Crippen molar-refractivity contribution in [3.05, 3.63) is 22.7 Å². The molecule has 0 aromatic heterocycles. The molecule has 1 aromatic rings. The molecular formula is C12H17BrN2O3S. The molecule has 0 radical (unpaired) electrons. The van der Waals surface area contributed by atoms with Gasteiger partial charge in [-0.15, -0.1) is 0 Å². The molecule has 0 spiro atoms. The zero-order valence-corrected chi connectivity index (χ0v) is 13.1. The number of benzene rings is 1. The van der Waals surface area contributed by atoms with E-state index in [2.05, 4.69) is 21.2 Å². The van der Waals surface area contributed by atoms with Gasteiger partial charge in [0.15, 0.2) is 9.84 Å². The van der Waals surface area contributed by atoms with Gasteiger partial charge in [0.05, 0.1) is 10.6 Å². The molecule has 0 aliphatic carbocycles. The summed E-state index contributed by atoms with van der Waals surface area (Å²) in [6.45, 7) is 2.48. The second-order valence-corrected chi connectivity index (χ2v) is 7.02. The Bertz CT molecular complexity index is 558. The normalized spacial score (nSPS) is 11.3. The average Bonchev–Trinajstić information content (AvgIpc) is 2.32. The lowest BCUT2D eigenvalue weighted by Crippen LogP contribution is -2.31. The molecule has 0 aliphatic heterocycles. The molecule has 3 N–H and O–H groups in total. The molecule has 19 heavy (non-hydrogen) atoms. The van der Waals surface area contributed by atoms with Gasteiger partial charge in [0.1, 0.15) is 5.75 Å². The maximum absolute atomic E-state index is 12.1. The van der Waals surface area contributed by atoms with Gasteiger partial charge < -0.3 is 11.1 Å². The molecule has 0 aliphatic rings. The van der Waals surface area contributed by atoms with Crippen LogP contribution in [0.4, 0.5) is 5.69 Å². The Morgan fingerprint density at radius 3 is 2.74 bits per heavy atom. The van der Waals surface area contributed by atoms with Crippen LogP contribution >= 0.6 is 15.9 Å². The van der Waals surface area contributed by atoms with Crippen LogP contribution in [0.15, 0.2) is 27.6 Å². The number of nitrogens with one attached hydrogen (secondary N) is 1. The zero-order chi connectivity index (χ0) is 14.5. The first-order chi connectivity index (χ1) is 8.86. The van der Waals surface area contributed by atoms with Gasteiger partial charge >= 0.3 is 0 Å². The molecule has 5 nitrogen and oxygen atoms in total. The van der Waals surface area contributed by atoms with Gasteiger partial charge in [-0.25, -0.2) is 8.42 Å². The van der Waals surface area contributed by atoms with E-state index in [-0.39, 0.29) is 10.6 Å². The Hall–Kier alpha value is -1.08. The molecule has 1 aromatic carbocycles. The molecule has 0 unspecified atom stereocenters. The molecule has 0 saturated heterocycles. The molecule has 0 saturated carbocycles. The SMILES string of the molecule is CCCCNC(=O)CS(=O)(=O)c1cc(Br)ccc1N. The minimum Gasteiger partial charge on any atom is -0.398 e. The predicted molar refractivity (Wildman–Crippen MR) is 78.5 cm³/mol. The van der Waals surface area contributed by atoms with Crippen molar-refractivity contribution in [2.75, 3.05) is 18.0 Å². The van der Waals surface area contributed by atoms with Crippen LogP contribution in [0.1, 0.15) is 19.8 Å². The van der Waals surface area contributed by atoms with E-state index < -0.39 is 21.5 Å². The number of nitrogens with two attached hydrogens (primary N) is 1. The third-order valence-electron chi connectivity index (χ3n) is 2.48. The van der Waals surface area contributed by atoms with Crippen LogP contribution in [0.3, 0.4) is 0 Å². The second-order valence-electron chi connectivity index (χ2n) is 4.14. The first-order valence-electron chi connectivity index (χ1n) is 5.91. The number of hydrogen-bond acceptors (Lipinski definition) is 4. The Balaban J connectivity index is 2.81. The van der Waals surface area contributed by atoms with E-state index in [0.29, 0.717) is 11.0 Å². The Morgan fingerprint density at radius 2 is 2.11 bits per heavy atom. The molecule has 1 amide bonds. The lowest BCUT2D eigenvalue weighted by Gasteiger charge is -2.08. The number of carbonyl (C=O) groups is 1. The highest BCUT2D eigenvalue weighted by atomic mass is 79.9. The van der Waals surface area contributed by atoms with Crippen molar-refractivity contribution in [1.82, 2.24) is 5.32 Å². The van der Waals surface area contributed by atoms with Crippen LogP contribution in [0.2, 0.25) is 0 Å². The predicted octanol–water partition coefficient (Wildman–Crippen LogP) is 1.72. The van der Waals surface area contributed by atoms with E-state index >= 15 is 0 Å². The van der Waals surface area contributed by atoms with Gasteiger partial charge in [0.2, 0.25) is 5.91 Å². The molecule has 0 heterocycles. The molecule has 1 rings (SSSR count). The van der Waals surface area contributed by atoms with E-state index in [4.69, 9.17) is 5.73 Å². The van der Waals surface area contributed by atoms with E-state index in [1.807, 2.05) is 6.92 Å². The lowest BCUT2D eigenvalue weighted by atomic mass is 10.3. The first kappa shape index (κ1) is 16.0. The third-order valence-corrected chi connectivity index (χ3v) is 4.64. The van der Waals surface area contributed by atoms with Gasteiger partial charge in [0, 0.05) is 11.0 Å². The number of hydrogen-bond donors (Lipinski definition) is 2. The van der Waals surface area contributed by atoms with Crippen molar-refractivity contribution >= 4 is 37.4 Å². The monoisotopic (exact) mass is 348 g/mol. The maximum atomic E-state index is 12.1. The van der Waals surface area contributed by atoms with Gasteiger partial charge in [-0.05, 0) is 24.6 Å². The van der Waals surface area contributed by atoms with Crippen molar-refractivity contribution in [1.29, 1.82) is 0 Å². The van der Waals surface area contributed by atoms with Crippen LogP contribution in [0.25, 0.3) is 0 Å². The lowest BCUT2D eigenvalue weighted by molar-refractivity contribution is -0.118. The number of carbonyl (C=O) groups excluding carboxylic acids is 1. The van der Waals surface area contributed by atoms with E-state index in [1.165, 1.54) is 12.1 Å². The molecule has 7 heteroatoms. The topological polar surface area (TPSA) is 89.3 Å². The molecular weight excluding hydrogens is 332 g/mol. The number of nitrogen functional groups attached to an aromatic ring is 1. The average molecular weight is 349 g/mol. The van der Waals surface area contributed by atoms with Crippen LogP contribution in [0.5, 0.6) is 0 Å². The van der Waals surface area contributed by atoms with Crippen LogP contribution in [0, 0.1) is 0 Å². The molecule has 0 fully saturated rings. The number of amides is 1. The van der Waals surface area contributed by atoms with Gasteiger partial charge in [-0.2, -0.15) is 0 Å². The number of sulfone groups is 1. The summed E-state index contributed by atoms with van der Waals surface area (Å²) in [7, 11) is -3.72. The highest BCUT2D eigenvalue weighted by Crippen LogP contribution is 2.23. The summed E-state index contributed by atoms with van der Waals surface area (Å²) in [5, 5.41) is 2.57. The smallest absolute Gasteiger partial charge is 0.235 e. The highest BCUT2D eigenvalue weighted by molar-refractivity contribution is 9.10. The van der Waals surface area contributed by atoms with Crippen LogP contribution in [-0.2, 0) is 14.6 Å². The van der Waals surface area contributed by atoms with Gasteiger partial charge in [0.25, 0.3) is 0 Å². The molecule has 0 atom stereocenters. The van der Waals surface area contributed by atoms with Crippen LogP contribution < -0.4 is 11.1 Å². The van der Waals surface area contributed by atoms with Crippen molar-refractivity contribution in [3.8, 4) is 0 Å². The Morgan fingerprint density at radius 1 is 1.42 bits per heavy atom. The quantitative estimate of drug-likeness (QED) is 0.605. The standard InChI is InChI=1S/C12H17BrN2O3S/c1-2-3-6-15-12(16)8-19(17,18)11-7-9(13)4-5-10(11)14/h4-5,7H,2-3,6,8,14H2,1H3,(H,15,16). The van der Waals surface area contributed by atoms with Crippen molar-refractivity contribution in [2.24, 2.45) is 0 Å². The summed E-state index contributed by atoms with van der Waals surface area (Å²) in [5.74, 6) is -1.09. The summed E-state index contributed by atoms with van der Waals surface area (Å²) >= 11 is 3.19. The number of rotatable bonds is 6. The Kier molecular flexibility index (Phi) is 5.81. The van der Waals surface area contributed by atoms with E-state index in [9.17, 15) is 13.2 Å². The highest BCUT2D eigenvalue weighted by Gasteiger charge is 2.21. The fraction of sp³-hybridized carbons (Fsp3) is 0.417.